The standard InChI is InChI=1S/C19H24N2O5S/c1-12-17(18(23)20-10-6-5-7-16(22)26-4)27-19(21-12)13-8-9-14(24-2)15(11-13)25-3/h8-9,11H,5-7,10H2,1-4H3,(H,20,23). The van der Waals surface area contributed by atoms with E-state index in [0.717, 1.165) is 10.6 Å². The van der Waals surface area contributed by atoms with E-state index in [1.165, 1.54) is 18.4 Å². The van der Waals surface area contributed by atoms with E-state index in [9.17, 15) is 9.59 Å². The van der Waals surface area contributed by atoms with Crippen LogP contribution in [-0.2, 0) is 9.53 Å². The van der Waals surface area contributed by atoms with Crippen molar-refractivity contribution in [2.75, 3.05) is 27.9 Å². The summed E-state index contributed by atoms with van der Waals surface area (Å²) in [5.41, 5.74) is 1.54. The summed E-state index contributed by atoms with van der Waals surface area (Å²) in [5, 5.41) is 3.61. The number of nitrogens with zero attached hydrogens (tertiary/aromatic N) is 1. The maximum atomic E-state index is 12.4. The lowest BCUT2D eigenvalue weighted by Gasteiger charge is -2.08. The molecule has 0 saturated heterocycles. The van der Waals surface area contributed by atoms with Gasteiger partial charge in [0.2, 0.25) is 0 Å². The Morgan fingerprint density at radius 2 is 1.85 bits per heavy atom. The number of thiazole rings is 1. The predicted molar refractivity (Wildman–Crippen MR) is 104 cm³/mol. The molecule has 0 aliphatic rings. The number of esters is 1. The first-order chi connectivity index (χ1) is 13.0. The molecule has 0 saturated carbocycles. The van der Waals surface area contributed by atoms with E-state index in [1.807, 2.05) is 25.1 Å². The van der Waals surface area contributed by atoms with Gasteiger partial charge < -0.3 is 19.5 Å². The number of ether oxygens (including phenoxy) is 3. The van der Waals surface area contributed by atoms with Crippen LogP contribution in [0.2, 0.25) is 0 Å². The van der Waals surface area contributed by atoms with Crippen LogP contribution in [0.4, 0.5) is 0 Å². The Labute approximate surface area is 162 Å². The summed E-state index contributed by atoms with van der Waals surface area (Å²) in [6.45, 7) is 2.31. The molecule has 0 aliphatic heterocycles. The van der Waals surface area contributed by atoms with Crippen molar-refractivity contribution in [3.8, 4) is 22.1 Å². The van der Waals surface area contributed by atoms with Crippen LogP contribution in [0.5, 0.6) is 11.5 Å². The highest BCUT2D eigenvalue weighted by Gasteiger charge is 2.17. The largest absolute Gasteiger partial charge is 0.493 e. The monoisotopic (exact) mass is 392 g/mol. The lowest BCUT2D eigenvalue weighted by molar-refractivity contribution is -0.140. The maximum Gasteiger partial charge on any atom is 0.305 e. The Morgan fingerprint density at radius 1 is 1.11 bits per heavy atom. The molecule has 0 fully saturated rings. The molecule has 8 heteroatoms. The molecule has 2 rings (SSSR count). The molecule has 1 aromatic heterocycles. The fourth-order valence-corrected chi connectivity index (χ4v) is 3.46. The van der Waals surface area contributed by atoms with Crippen molar-refractivity contribution in [3.05, 3.63) is 28.8 Å². The highest BCUT2D eigenvalue weighted by Crippen LogP contribution is 2.34. The Bertz CT molecular complexity index is 803. The quantitative estimate of drug-likeness (QED) is 0.521. The number of aromatic nitrogens is 1. The van der Waals surface area contributed by atoms with Gasteiger partial charge in [0.25, 0.3) is 5.91 Å². The molecule has 0 radical (unpaired) electrons. The lowest BCUT2D eigenvalue weighted by atomic mass is 10.2. The van der Waals surface area contributed by atoms with Crippen molar-refractivity contribution in [1.82, 2.24) is 10.3 Å². The third-order valence-electron chi connectivity index (χ3n) is 3.95. The van der Waals surface area contributed by atoms with Crippen molar-refractivity contribution >= 4 is 23.2 Å². The van der Waals surface area contributed by atoms with Crippen LogP contribution in [0.15, 0.2) is 18.2 Å². The Hall–Kier alpha value is -2.61. The number of hydrogen-bond acceptors (Lipinski definition) is 7. The first-order valence-electron chi connectivity index (χ1n) is 8.55. The second kappa shape index (κ2) is 9.91. The number of rotatable bonds is 9. The Morgan fingerprint density at radius 3 is 2.52 bits per heavy atom. The first-order valence-corrected chi connectivity index (χ1v) is 9.36. The summed E-state index contributed by atoms with van der Waals surface area (Å²) < 4.78 is 15.2. The normalized spacial score (nSPS) is 10.4. The molecule has 146 valence electrons. The number of aryl methyl sites for hydroxylation is 1. The van der Waals surface area contributed by atoms with Crippen LogP contribution in [-0.4, -0.2) is 44.7 Å². The van der Waals surface area contributed by atoms with Crippen LogP contribution in [0, 0.1) is 6.92 Å². The van der Waals surface area contributed by atoms with Crippen LogP contribution in [0.1, 0.15) is 34.6 Å². The van der Waals surface area contributed by atoms with Gasteiger partial charge in [-0.15, -0.1) is 11.3 Å². The Kier molecular flexibility index (Phi) is 7.60. The van der Waals surface area contributed by atoms with Crippen LogP contribution in [0.3, 0.4) is 0 Å². The van der Waals surface area contributed by atoms with E-state index in [-0.39, 0.29) is 11.9 Å². The summed E-state index contributed by atoms with van der Waals surface area (Å²) in [7, 11) is 4.53. The molecule has 7 nitrogen and oxygen atoms in total. The summed E-state index contributed by atoms with van der Waals surface area (Å²) in [6, 6.07) is 5.53. The summed E-state index contributed by atoms with van der Waals surface area (Å²) >= 11 is 1.33. The molecular weight excluding hydrogens is 368 g/mol. The maximum absolute atomic E-state index is 12.4. The molecule has 0 atom stereocenters. The van der Waals surface area contributed by atoms with Gasteiger partial charge in [-0.25, -0.2) is 4.98 Å². The summed E-state index contributed by atoms with van der Waals surface area (Å²) in [4.78, 5) is 28.6. The smallest absolute Gasteiger partial charge is 0.305 e. The average molecular weight is 392 g/mol. The number of carbonyl (C=O) groups is 2. The highest BCUT2D eigenvalue weighted by molar-refractivity contribution is 7.17. The van der Waals surface area contributed by atoms with Crippen molar-refractivity contribution in [3.63, 3.8) is 0 Å². The number of hydrogen-bond donors (Lipinski definition) is 1. The minimum atomic E-state index is -0.237. The minimum absolute atomic E-state index is 0.158. The van der Waals surface area contributed by atoms with Gasteiger partial charge >= 0.3 is 5.97 Å². The van der Waals surface area contributed by atoms with E-state index in [0.29, 0.717) is 47.9 Å². The summed E-state index contributed by atoms with van der Waals surface area (Å²) in [5.74, 6) is 0.855. The molecule has 1 aromatic carbocycles. The minimum Gasteiger partial charge on any atom is -0.493 e. The second-order valence-electron chi connectivity index (χ2n) is 5.79. The molecule has 1 N–H and O–H groups in total. The number of unbranched alkanes of at least 4 members (excludes halogenated alkanes) is 1. The fraction of sp³-hybridized carbons (Fsp3) is 0.421. The highest BCUT2D eigenvalue weighted by atomic mass is 32.1. The molecule has 0 unspecified atom stereocenters. The molecule has 1 amide bonds. The van der Waals surface area contributed by atoms with Gasteiger partial charge in [0.05, 0.1) is 27.0 Å². The van der Waals surface area contributed by atoms with Crippen LogP contribution < -0.4 is 14.8 Å². The zero-order valence-corrected chi connectivity index (χ0v) is 16.8. The molecular formula is C19H24N2O5S. The van der Waals surface area contributed by atoms with Gasteiger partial charge in [0.15, 0.2) is 11.5 Å². The van der Waals surface area contributed by atoms with E-state index in [4.69, 9.17) is 9.47 Å². The van der Waals surface area contributed by atoms with Crippen molar-refractivity contribution in [1.29, 1.82) is 0 Å². The molecule has 0 spiro atoms. The molecule has 0 bridgehead atoms. The first kappa shape index (κ1) is 20.7. The number of methoxy groups -OCH3 is 3. The van der Waals surface area contributed by atoms with Crippen LogP contribution >= 0.6 is 11.3 Å². The van der Waals surface area contributed by atoms with Gasteiger partial charge in [-0.05, 0) is 38.0 Å². The molecule has 1 heterocycles. The van der Waals surface area contributed by atoms with Crippen molar-refractivity contribution < 1.29 is 23.8 Å². The number of amides is 1. The predicted octanol–water partition coefficient (Wildman–Crippen LogP) is 3.21. The third kappa shape index (κ3) is 5.43. The van der Waals surface area contributed by atoms with Gasteiger partial charge in [0, 0.05) is 18.5 Å². The number of carbonyl (C=O) groups excluding carboxylic acids is 2. The van der Waals surface area contributed by atoms with Crippen molar-refractivity contribution in [2.24, 2.45) is 0 Å². The molecule has 0 aliphatic carbocycles. The molecule has 27 heavy (non-hydrogen) atoms. The van der Waals surface area contributed by atoms with Gasteiger partial charge in [-0.1, -0.05) is 0 Å². The summed E-state index contributed by atoms with van der Waals surface area (Å²) in [6.07, 6.45) is 1.74. The van der Waals surface area contributed by atoms with Gasteiger partial charge in [0.1, 0.15) is 9.88 Å². The van der Waals surface area contributed by atoms with E-state index < -0.39 is 0 Å². The number of benzene rings is 1. The topological polar surface area (TPSA) is 86.8 Å². The third-order valence-corrected chi connectivity index (χ3v) is 5.16. The molecule has 2 aromatic rings. The average Bonchev–Trinajstić information content (AvgIpc) is 3.08. The second-order valence-corrected chi connectivity index (χ2v) is 6.79. The van der Waals surface area contributed by atoms with E-state index in [1.54, 1.807) is 14.2 Å². The Balaban J connectivity index is 2.01. The SMILES string of the molecule is COC(=O)CCCCNC(=O)c1sc(-c2ccc(OC)c(OC)c2)nc1C. The van der Waals surface area contributed by atoms with Crippen LogP contribution in [0.25, 0.3) is 10.6 Å². The zero-order chi connectivity index (χ0) is 19.8. The van der Waals surface area contributed by atoms with Gasteiger partial charge in [-0.2, -0.15) is 0 Å². The van der Waals surface area contributed by atoms with E-state index >= 15 is 0 Å². The van der Waals surface area contributed by atoms with Crippen molar-refractivity contribution in [2.45, 2.75) is 26.2 Å². The lowest BCUT2D eigenvalue weighted by Crippen LogP contribution is -2.24. The number of nitrogens with one attached hydrogen (secondary N) is 1. The van der Waals surface area contributed by atoms with E-state index in [2.05, 4.69) is 15.0 Å². The fourth-order valence-electron chi connectivity index (χ4n) is 2.48. The zero-order valence-electron chi connectivity index (χ0n) is 16.0. The van der Waals surface area contributed by atoms with Gasteiger partial charge in [-0.3, -0.25) is 9.59 Å².